The van der Waals surface area contributed by atoms with Gasteiger partial charge in [0.05, 0.1) is 17.4 Å². The Kier molecular flexibility index (Phi) is 7.63. The Bertz CT molecular complexity index is 1380. The van der Waals surface area contributed by atoms with Crippen LogP contribution in [0.5, 0.6) is 0 Å². The van der Waals surface area contributed by atoms with Crippen LogP contribution in [0.15, 0.2) is 47.0 Å². The first-order valence-corrected chi connectivity index (χ1v) is 13.0. The van der Waals surface area contributed by atoms with E-state index in [2.05, 4.69) is 20.6 Å². The monoisotopic (exact) mass is 560 g/mol. The Hall–Kier alpha value is -4.16. The van der Waals surface area contributed by atoms with Crippen LogP contribution < -0.4 is 15.5 Å². The number of nitrogens with one attached hydrogen (secondary N) is 2. The molecule has 1 unspecified atom stereocenters. The van der Waals surface area contributed by atoms with Gasteiger partial charge in [0.25, 0.3) is 17.8 Å². The number of anilines is 3. The third kappa shape index (κ3) is 6.02. The number of nitrogens with zero attached hydrogens (tertiary/aromatic N) is 4. The molecule has 5 rings (SSSR count). The molecule has 2 fully saturated rings. The number of piperidine rings is 1. The second-order valence-corrected chi connectivity index (χ2v) is 10.1. The summed E-state index contributed by atoms with van der Waals surface area (Å²) in [6, 6.07) is 8.49. The quantitative estimate of drug-likeness (QED) is 0.407. The molecule has 2 N–H and O–H groups in total. The minimum Gasteiger partial charge on any atom is -0.417 e. The average molecular weight is 561 g/mol. The van der Waals surface area contributed by atoms with Gasteiger partial charge < -0.3 is 24.9 Å². The van der Waals surface area contributed by atoms with Gasteiger partial charge in [-0.25, -0.2) is 9.37 Å². The Balaban J connectivity index is 1.21. The molecule has 0 spiro atoms. The summed E-state index contributed by atoms with van der Waals surface area (Å²) in [5.41, 5.74) is -1.20. The Morgan fingerprint density at radius 3 is 2.58 bits per heavy atom. The summed E-state index contributed by atoms with van der Waals surface area (Å²) in [5.74, 6) is -2.25. The highest BCUT2D eigenvalue weighted by Gasteiger charge is 2.42. The smallest absolute Gasteiger partial charge is 0.417 e. The van der Waals surface area contributed by atoms with Crippen molar-refractivity contribution in [3.63, 3.8) is 0 Å². The summed E-state index contributed by atoms with van der Waals surface area (Å²) in [7, 11) is 0. The van der Waals surface area contributed by atoms with Crippen LogP contribution in [0.25, 0.3) is 0 Å². The molecule has 9 nitrogen and oxygen atoms in total. The maximum Gasteiger partial charge on any atom is 0.437 e. The van der Waals surface area contributed by atoms with Gasteiger partial charge in [0, 0.05) is 32.2 Å². The van der Waals surface area contributed by atoms with Crippen LogP contribution in [0.4, 0.5) is 35.1 Å². The molecule has 13 heteroatoms. The molecule has 0 bridgehead atoms. The second kappa shape index (κ2) is 11.1. The highest BCUT2D eigenvalue weighted by molar-refractivity contribution is 6.03. The summed E-state index contributed by atoms with van der Waals surface area (Å²) >= 11 is 0. The van der Waals surface area contributed by atoms with E-state index in [-0.39, 0.29) is 29.2 Å². The van der Waals surface area contributed by atoms with Crippen molar-refractivity contribution in [2.24, 2.45) is 5.92 Å². The van der Waals surface area contributed by atoms with Crippen molar-refractivity contribution in [1.82, 2.24) is 14.9 Å². The zero-order valence-corrected chi connectivity index (χ0v) is 21.7. The lowest BCUT2D eigenvalue weighted by molar-refractivity contribution is -0.141. The van der Waals surface area contributed by atoms with Crippen molar-refractivity contribution in [2.75, 3.05) is 41.7 Å². The van der Waals surface area contributed by atoms with Gasteiger partial charge >= 0.3 is 6.18 Å². The van der Waals surface area contributed by atoms with Gasteiger partial charge in [-0.15, -0.1) is 0 Å². The molecule has 0 aliphatic carbocycles. The molecule has 2 aliphatic rings. The van der Waals surface area contributed by atoms with Crippen LogP contribution in [0.3, 0.4) is 0 Å². The van der Waals surface area contributed by atoms with E-state index >= 15 is 0 Å². The third-order valence-corrected chi connectivity index (χ3v) is 6.97. The molecule has 2 aliphatic heterocycles. The van der Waals surface area contributed by atoms with Gasteiger partial charge in [-0.05, 0) is 49.4 Å². The average Bonchev–Trinajstić information content (AvgIpc) is 3.58. The van der Waals surface area contributed by atoms with Crippen LogP contribution >= 0.6 is 0 Å². The lowest BCUT2D eigenvalue weighted by Crippen LogP contribution is -2.34. The van der Waals surface area contributed by atoms with Crippen LogP contribution in [0, 0.1) is 11.7 Å². The first-order chi connectivity index (χ1) is 19.1. The number of hydrogen-bond donors (Lipinski definition) is 2. The maximum absolute atomic E-state index is 14.0. The number of hydrogen-bond acceptors (Lipinski definition) is 7. The zero-order chi connectivity index (χ0) is 28.4. The fourth-order valence-electron chi connectivity index (χ4n) is 4.97. The predicted molar refractivity (Wildman–Crippen MR) is 139 cm³/mol. The summed E-state index contributed by atoms with van der Waals surface area (Å²) < 4.78 is 60.3. The fourth-order valence-corrected chi connectivity index (χ4v) is 4.97. The second-order valence-electron chi connectivity index (χ2n) is 10.1. The summed E-state index contributed by atoms with van der Waals surface area (Å²) in [5, 5.41) is 5.57. The van der Waals surface area contributed by atoms with Crippen molar-refractivity contribution in [2.45, 2.75) is 38.4 Å². The zero-order valence-electron chi connectivity index (χ0n) is 21.7. The number of aromatic nitrogens is 2. The molecule has 212 valence electrons. The van der Waals surface area contributed by atoms with E-state index in [0.29, 0.717) is 38.4 Å². The number of amides is 2. The van der Waals surface area contributed by atoms with Crippen molar-refractivity contribution in [3.05, 3.63) is 65.4 Å². The van der Waals surface area contributed by atoms with Gasteiger partial charge in [0.15, 0.2) is 5.69 Å². The first-order valence-electron chi connectivity index (χ1n) is 13.0. The highest BCUT2D eigenvalue weighted by atomic mass is 19.4. The molecule has 40 heavy (non-hydrogen) atoms. The lowest BCUT2D eigenvalue weighted by Gasteiger charge is -2.29. The van der Waals surface area contributed by atoms with Crippen LogP contribution in [-0.2, 0) is 6.18 Å². The van der Waals surface area contributed by atoms with Gasteiger partial charge in [0.1, 0.15) is 11.6 Å². The molecule has 0 saturated carbocycles. The van der Waals surface area contributed by atoms with Crippen molar-refractivity contribution in [3.8, 4) is 0 Å². The number of carbonyl (C=O) groups is 2. The fraction of sp³-hybridized carbons (Fsp3) is 0.407. The molecule has 3 aromatic rings. The number of oxazole rings is 1. The first kappa shape index (κ1) is 27.4. The van der Waals surface area contributed by atoms with Crippen molar-refractivity contribution >= 4 is 29.3 Å². The topological polar surface area (TPSA) is 104 Å². The minimum absolute atomic E-state index is 0.0133. The normalized spacial score (nSPS) is 19.5. The molecule has 0 radical (unpaired) electrons. The molecule has 2 amide bonds. The molecule has 2 atom stereocenters. The van der Waals surface area contributed by atoms with E-state index in [1.165, 1.54) is 30.5 Å². The third-order valence-electron chi connectivity index (χ3n) is 6.97. The maximum atomic E-state index is 14.0. The Labute approximate surface area is 227 Å². The number of benzene rings is 1. The number of alkyl halides is 3. The standard InChI is InChI=1S/C27H28F4N6O3/c1-16-5-4-11-37(14-16)26-35-23(27(29,30)31)22(40-26)24(38)34-17-8-9-21(32-13-17)33-18-10-12-36(15-18)25(39)19-6-2-3-7-20(19)28/h2-3,6-9,13,16,18H,4-5,10-12,14-15H2,1H3,(H,32,33)(H,34,38)/t16?,18-/m1/s1. The van der Waals surface area contributed by atoms with Gasteiger partial charge in [-0.2, -0.15) is 18.2 Å². The Morgan fingerprint density at radius 2 is 1.88 bits per heavy atom. The van der Waals surface area contributed by atoms with E-state index in [1.54, 1.807) is 21.9 Å². The van der Waals surface area contributed by atoms with E-state index in [0.717, 1.165) is 12.8 Å². The molecular formula is C27H28F4N6O3. The number of halogens is 4. The summed E-state index contributed by atoms with van der Waals surface area (Å²) in [6.45, 7) is 3.77. The largest absolute Gasteiger partial charge is 0.437 e. The van der Waals surface area contributed by atoms with Gasteiger partial charge in [-0.1, -0.05) is 19.1 Å². The SMILES string of the molecule is CC1CCCN(c2nc(C(F)(F)F)c(C(=O)Nc3ccc(N[C@@H]4CCN(C(=O)c5ccccc5F)C4)nc3)o2)C1. The summed E-state index contributed by atoms with van der Waals surface area (Å²) in [6.07, 6.45) is -1.21. The van der Waals surface area contributed by atoms with Crippen LogP contribution in [0.1, 0.15) is 52.8 Å². The molecule has 2 aromatic heterocycles. The van der Waals surface area contributed by atoms with E-state index < -0.39 is 35.3 Å². The van der Waals surface area contributed by atoms with Crippen molar-refractivity contribution < 1.29 is 31.6 Å². The van der Waals surface area contributed by atoms with E-state index in [9.17, 15) is 27.2 Å². The molecular weight excluding hydrogens is 532 g/mol. The minimum atomic E-state index is -4.87. The van der Waals surface area contributed by atoms with E-state index in [1.807, 2.05) is 6.92 Å². The number of carbonyl (C=O) groups excluding carboxylic acids is 2. The van der Waals surface area contributed by atoms with Gasteiger partial charge in [-0.3, -0.25) is 9.59 Å². The molecule has 4 heterocycles. The number of rotatable bonds is 6. The van der Waals surface area contributed by atoms with Crippen LogP contribution in [-0.4, -0.2) is 58.9 Å². The summed E-state index contributed by atoms with van der Waals surface area (Å²) in [4.78, 5) is 36.4. The lowest BCUT2D eigenvalue weighted by atomic mass is 10.0. The van der Waals surface area contributed by atoms with Gasteiger partial charge in [0.2, 0.25) is 5.76 Å². The number of likely N-dealkylation sites (tertiary alicyclic amines) is 1. The Morgan fingerprint density at radius 1 is 1.07 bits per heavy atom. The molecule has 2 saturated heterocycles. The van der Waals surface area contributed by atoms with E-state index in [4.69, 9.17) is 4.42 Å². The molecule has 1 aromatic carbocycles. The predicted octanol–water partition coefficient (Wildman–Crippen LogP) is 5.04. The number of pyridine rings is 1. The van der Waals surface area contributed by atoms with Crippen LogP contribution in [0.2, 0.25) is 0 Å². The highest BCUT2D eigenvalue weighted by Crippen LogP contribution is 2.35. The van der Waals surface area contributed by atoms with Crippen molar-refractivity contribution in [1.29, 1.82) is 0 Å².